The molecular formula is C16H35NO. The Labute approximate surface area is 115 Å². The van der Waals surface area contributed by atoms with Crippen LogP contribution in [0, 0.1) is 0 Å². The van der Waals surface area contributed by atoms with Crippen molar-refractivity contribution in [3.05, 3.63) is 0 Å². The summed E-state index contributed by atoms with van der Waals surface area (Å²) in [6.07, 6.45) is 6.01. The van der Waals surface area contributed by atoms with E-state index in [0.29, 0.717) is 30.3 Å². The van der Waals surface area contributed by atoms with Crippen LogP contribution in [0.4, 0.5) is 0 Å². The van der Waals surface area contributed by atoms with Gasteiger partial charge >= 0.3 is 0 Å². The normalized spacial score (nSPS) is 25.0. The molecule has 2 unspecified atom stereocenters. The highest BCUT2D eigenvalue weighted by molar-refractivity contribution is 4.87. The maximum atomic E-state index is 6.14. The molecule has 2 atom stereocenters. The summed E-state index contributed by atoms with van der Waals surface area (Å²) in [7, 11) is 0. The molecule has 2 heteroatoms. The van der Waals surface area contributed by atoms with Gasteiger partial charge in [-0.15, -0.1) is 0 Å². The van der Waals surface area contributed by atoms with Crippen molar-refractivity contribution in [3.63, 3.8) is 0 Å². The van der Waals surface area contributed by atoms with Crippen molar-refractivity contribution in [2.24, 2.45) is 0 Å². The van der Waals surface area contributed by atoms with Gasteiger partial charge in [0.1, 0.15) is 0 Å². The van der Waals surface area contributed by atoms with E-state index in [-0.39, 0.29) is 7.43 Å². The van der Waals surface area contributed by atoms with Crippen LogP contribution in [0.5, 0.6) is 0 Å². The van der Waals surface area contributed by atoms with Gasteiger partial charge in [0, 0.05) is 18.1 Å². The molecular weight excluding hydrogens is 222 g/mol. The monoisotopic (exact) mass is 257 g/mol. The molecule has 0 aliphatic heterocycles. The summed E-state index contributed by atoms with van der Waals surface area (Å²) in [6, 6.07) is 1.83. The molecule has 0 aromatic rings. The molecule has 0 bridgehead atoms. The van der Waals surface area contributed by atoms with Crippen LogP contribution in [0.25, 0.3) is 0 Å². The zero-order chi connectivity index (χ0) is 13.0. The first-order chi connectivity index (χ1) is 7.93. The molecule has 18 heavy (non-hydrogen) atoms. The van der Waals surface area contributed by atoms with E-state index >= 15 is 0 Å². The topological polar surface area (TPSA) is 12.5 Å². The van der Waals surface area contributed by atoms with Gasteiger partial charge in [-0.1, -0.05) is 20.3 Å². The summed E-state index contributed by atoms with van der Waals surface area (Å²) in [4.78, 5) is 2.65. The van der Waals surface area contributed by atoms with Crippen molar-refractivity contribution in [2.75, 3.05) is 0 Å². The molecule has 0 aromatic carbocycles. The second-order valence-electron chi connectivity index (χ2n) is 6.21. The molecule has 0 heterocycles. The van der Waals surface area contributed by atoms with Crippen molar-refractivity contribution in [2.45, 2.75) is 105 Å². The minimum atomic E-state index is 0. The number of hydrogen-bond acceptors (Lipinski definition) is 2. The minimum absolute atomic E-state index is 0. The Kier molecular flexibility index (Phi) is 8.13. The zero-order valence-electron chi connectivity index (χ0n) is 12.6. The van der Waals surface area contributed by atoms with Crippen LogP contribution in [0.2, 0.25) is 0 Å². The van der Waals surface area contributed by atoms with E-state index in [9.17, 15) is 0 Å². The Hall–Kier alpha value is -0.0800. The highest BCUT2D eigenvalue weighted by Crippen LogP contribution is 2.29. The Morgan fingerprint density at radius 2 is 1.39 bits per heavy atom. The van der Waals surface area contributed by atoms with Crippen molar-refractivity contribution >= 4 is 0 Å². The fraction of sp³-hybridized carbons (Fsp3) is 1.00. The second kappa shape index (κ2) is 8.16. The van der Waals surface area contributed by atoms with Gasteiger partial charge in [0.15, 0.2) is 0 Å². The van der Waals surface area contributed by atoms with Crippen LogP contribution in [-0.4, -0.2) is 35.2 Å². The number of hydrogen-bond donors (Lipinski definition) is 0. The fourth-order valence-corrected chi connectivity index (χ4v) is 3.29. The van der Waals surface area contributed by atoms with Gasteiger partial charge in [-0.2, -0.15) is 0 Å². The molecule has 1 aliphatic carbocycles. The van der Waals surface area contributed by atoms with Crippen molar-refractivity contribution < 1.29 is 4.74 Å². The van der Waals surface area contributed by atoms with Crippen LogP contribution in [0.3, 0.4) is 0 Å². The van der Waals surface area contributed by atoms with E-state index in [1.165, 1.54) is 25.7 Å². The summed E-state index contributed by atoms with van der Waals surface area (Å²) in [6.45, 7) is 13.5. The number of rotatable bonds is 5. The average Bonchev–Trinajstić information content (AvgIpc) is 2.18. The quantitative estimate of drug-likeness (QED) is 0.720. The van der Waals surface area contributed by atoms with Crippen LogP contribution in [-0.2, 0) is 4.74 Å². The Balaban J connectivity index is 0.00000289. The first-order valence-corrected chi connectivity index (χ1v) is 7.36. The van der Waals surface area contributed by atoms with E-state index in [0.717, 1.165) is 0 Å². The summed E-state index contributed by atoms with van der Waals surface area (Å²) < 4.78 is 6.14. The SMILES string of the molecule is C.CC(C)OC1CCCCC1N(C(C)C)C(C)C. The van der Waals surface area contributed by atoms with E-state index in [4.69, 9.17) is 4.74 Å². The Bertz CT molecular complexity index is 205. The third kappa shape index (κ3) is 4.89. The highest BCUT2D eigenvalue weighted by atomic mass is 16.5. The summed E-state index contributed by atoms with van der Waals surface area (Å²) in [5.41, 5.74) is 0. The largest absolute Gasteiger partial charge is 0.374 e. The smallest absolute Gasteiger partial charge is 0.0733 e. The lowest BCUT2D eigenvalue weighted by Crippen LogP contribution is -2.53. The number of nitrogens with zero attached hydrogens (tertiary/aromatic N) is 1. The third-order valence-electron chi connectivity index (χ3n) is 3.69. The highest BCUT2D eigenvalue weighted by Gasteiger charge is 2.33. The molecule has 1 saturated carbocycles. The molecule has 0 N–H and O–H groups in total. The van der Waals surface area contributed by atoms with Gasteiger partial charge in [0.25, 0.3) is 0 Å². The molecule has 1 fully saturated rings. The first-order valence-electron chi connectivity index (χ1n) is 7.36. The van der Waals surface area contributed by atoms with Gasteiger partial charge in [-0.25, -0.2) is 0 Å². The lowest BCUT2D eigenvalue weighted by Gasteiger charge is -2.44. The van der Waals surface area contributed by atoms with Crippen LogP contribution in [0.1, 0.15) is 74.7 Å². The van der Waals surface area contributed by atoms with E-state index < -0.39 is 0 Å². The van der Waals surface area contributed by atoms with Crippen molar-refractivity contribution in [3.8, 4) is 0 Å². The first kappa shape index (κ1) is 17.9. The fourth-order valence-electron chi connectivity index (χ4n) is 3.29. The molecule has 1 rings (SSSR count). The van der Waals surface area contributed by atoms with E-state index in [1.807, 2.05) is 0 Å². The minimum Gasteiger partial charge on any atom is -0.374 e. The maximum absolute atomic E-state index is 6.14. The van der Waals surface area contributed by atoms with Gasteiger partial charge in [0.2, 0.25) is 0 Å². The molecule has 0 aromatic heterocycles. The van der Waals surface area contributed by atoms with Crippen molar-refractivity contribution in [1.29, 1.82) is 0 Å². The summed E-state index contributed by atoms with van der Waals surface area (Å²) in [5, 5.41) is 0. The molecule has 2 nitrogen and oxygen atoms in total. The Morgan fingerprint density at radius 3 is 1.83 bits per heavy atom. The molecule has 0 spiro atoms. The summed E-state index contributed by atoms with van der Waals surface area (Å²) in [5.74, 6) is 0. The lowest BCUT2D eigenvalue weighted by molar-refractivity contribution is -0.0782. The second-order valence-corrected chi connectivity index (χ2v) is 6.21. The standard InChI is InChI=1S/C15H31NO.CH4/c1-11(2)16(12(3)4)14-9-7-8-10-15(14)17-13(5)6;/h11-15H,7-10H2,1-6H3;1H4. The van der Waals surface area contributed by atoms with E-state index in [1.54, 1.807) is 0 Å². The third-order valence-corrected chi connectivity index (χ3v) is 3.69. The zero-order valence-corrected chi connectivity index (χ0v) is 12.6. The van der Waals surface area contributed by atoms with Crippen LogP contribution >= 0.6 is 0 Å². The molecule has 0 amide bonds. The van der Waals surface area contributed by atoms with Gasteiger partial charge in [0.05, 0.1) is 12.2 Å². The van der Waals surface area contributed by atoms with Crippen LogP contribution < -0.4 is 0 Å². The van der Waals surface area contributed by atoms with Gasteiger partial charge in [-0.05, 0) is 54.4 Å². The Morgan fingerprint density at radius 1 is 0.889 bits per heavy atom. The number of ether oxygens (including phenoxy) is 1. The molecule has 0 saturated heterocycles. The lowest BCUT2D eigenvalue weighted by atomic mass is 9.89. The van der Waals surface area contributed by atoms with E-state index in [2.05, 4.69) is 46.4 Å². The molecule has 110 valence electrons. The van der Waals surface area contributed by atoms with Crippen molar-refractivity contribution in [1.82, 2.24) is 4.90 Å². The summed E-state index contributed by atoms with van der Waals surface area (Å²) >= 11 is 0. The predicted octanol–water partition coefficient (Wildman–Crippen LogP) is 4.48. The van der Waals surface area contributed by atoms with Gasteiger partial charge in [-0.3, -0.25) is 4.90 Å². The maximum Gasteiger partial charge on any atom is 0.0733 e. The predicted molar refractivity (Wildman–Crippen MR) is 81.1 cm³/mol. The van der Waals surface area contributed by atoms with Crippen LogP contribution in [0.15, 0.2) is 0 Å². The molecule has 1 aliphatic rings. The molecule has 0 radical (unpaired) electrons. The van der Waals surface area contributed by atoms with Gasteiger partial charge < -0.3 is 4.74 Å². The average molecular weight is 257 g/mol.